The maximum atomic E-state index is 13.5. The summed E-state index contributed by atoms with van der Waals surface area (Å²) in [5.41, 5.74) is 4.64. The van der Waals surface area contributed by atoms with Crippen LogP contribution in [0.2, 0.25) is 0 Å². The zero-order valence-corrected chi connectivity index (χ0v) is 18.5. The number of anilines is 1. The molecule has 0 saturated carbocycles. The van der Waals surface area contributed by atoms with Crippen molar-refractivity contribution in [3.05, 3.63) is 102 Å². The zero-order valence-electron chi connectivity index (χ0n) is 17.7. The van der Waals surface area contributed by atoms with E-state index < -0.39 is 0 Å². The quantitative estimate of drug-likeness (QED) is 0.342. The number of hydrogen-bond acceptors (Lipinski definition) is 4. The summed E-state index contributed by atoms with van der Waals surface area (Å²) in [7, 11) is 0. The van der Waals surface area contributed by atoms with E-state index in [1.807, 2.05) is 79.7 Å². The number of aryl methyl sites for hydroxylation is 1. The van der Waals surface area contributed by atoms with E-state index in [9.17, 15) is 4.79 Å². The van der Waals surface area contributed by atoms with Crippen LogP contribution >= 0.6 is 11.3 Å². The van der Waals surface area contributed by atoms with Crippen molar-refractivity contribution in [1.29, 1.82) is 0 Å². The molecule has 5 rings (SSSR count). The Bertz CT molecular complexity index is 1350. The van der Waals surface area contributed by atoms with Crippen LogP contribution in [0.15, 0.2) is 90.4 Å². The van der Waals surface area contributed by atoms with E-state index in [-0.39, 0.29) is 12.5 Å². The van der Waals surface area contributed by atoms with E-state index in [1.54, 1.807) is 27.1 Å². The van der Waals surface area contributed by atoms with E-state index in [0.29, 0.717) is 6.54 Å². The molecule has 0 aliphatic rings. The largest absolute Gasteiger partial charge is 0.306 e. The summed E-state index contributed by atoms with van der Waals surface area (Å²) >= 11 is 1.69. The molecule has 6 heteroatoms. The molecule has 1 amide bonds. The van der Waals surface area contributed by atoms with Gasteiger partial charge < -0.3 is 4.90 Å². The molecule has 5 nitrogen and oxygen atoms in total. The fraction of sp³-hybridized carbons (Fsp3) is 0.115. The van der Waals surface area contributed by atoms with E-state index in [2.05, 4.69) is 16.4 Å². The summed E-state index contributed by atoms with van der Waals surface area (Å²) in [5.74, 6) is -0.0345. The van der Waals surface area contributed by atoms with Gasteiger partial charge in [-0.3, -0.25) is 4.79 Å². The number of fused-ring (bicyclic) bond motifs is 1. The minimum atomic E-state index is -0.0345. The molecule has 0 atom stereocenters. The van der Waals surface area contributed by atoms with Crippen molar-refractivity contribution in [2.75, 3.05) is 4.90 Å². The first-order valence-electron chi connectivity index (χ1n) is 10.5. The molecule has 0 bridgehead atoms. The number of carbonyl (C=O) groups excluding carboxylic acids is 1. The molecule has 0 aliphatic carbocycles. The maximum absolute atomic E-state index is 13.5. The number of benzene rings is 2. The monoisotopic (exact) mass is 438 g/mol. The average molecular weight is 439 g/mol. The minimum Gasteiger partial charge on any atom is -0.306 e. The van der Waals surface area contributed by atoms with Gasteiger partial charge in [0.2, 0.25) is 5.91 Å². The summed E-state index contributed by atoms with van der Waals surface area (Å²) in [4.78, 5) is 21.1. The van der Waals surface area contributed by atoms with Crippen LogP contribution in [0.3, 0.4) is 0 Å². The molecule has 2 aromatic carbocycles. The topological polar surface area (TPSA) is 51.0 Å². The fourth-order valence-corrected chi connectivity index (χ4v) is 4.70. The lowest BCUT2D eigenvalue weighted by molar-refractivity contribution is -0.119. The number of thiophene rings is 1. The van der Waals surface area contributed by atoms with Crippen molar-refractivity contribution in [3.63, 3.8) is 0 Å². The Balaban J connectivity index is 1.50. The smallest absolute Gasteiger partial charge is 0.249 e. The van der Waals surface area contributed by atoms with Gasteiger partial charge in [0.05, 0.1) is 17.6 Å². The van der Waals surface area contributed by atoms with Gasteiger partial charge >= 0.3 is 0 Å². The molecule has 0 aliphatic heterocycles. The van der Waals surface area contributed by atoms with Crippen LogP contribution in [-0.2, 0) is 17.9 Å². The first-order valence-corrected chi connectivity index (χ1v) is 11.3. The van der Waals surface area contributed by atoms with Gasteiger partial charge in [0.1, 0.15) is 6.54 Å². The molecule has 0 fully saturated rings. The second-order valence-corrected chi connectivity index (χ2v) is 8.53. The highest BCUT2D eigenvalue weighted by Gasteiger charge is 2.21. The second kappa shape index (κ2) is 8.77. The van der Waals surface area contributed by atoms with Gasteiger partial charge in [-0.05, 0) is 42.1 Å². The molecule has 32 heavy (non-hydrogen) atoms. The summed E-state index contributed by atoms with van der Waals surface area (Å²) < 4.78 is 1.73. The highest BCUT2D eigenvalue weighted by molar-refractivity contribution is 7.13. The van der Waals surface area contributed by atoms with Gasteiger partial charge in [0, 0.05) is 22.3 Å². The number of nitrogens with zero attached hydrogens (tertiary/aromatic N) is 4. The summed E-state index contributed by atoms with van der Waals surface area (Å²) in [5, 5.41) is 7.75. The van der Waals surface area contributed by atoms with Gasteiger partial charge in [-0.25, -0.2) is 9.67 Å². The van der Waals surface area contributed by atoms with E-state index >= 15 is 0 Å². The minimum absolute atomic E-state index is 0.0345. The van der Waals surface area contributed by atoms with Crippen LogP contribution in [0, 0.1) is 6.92 Å². The number of amides is 1. The summed E-state index contributed by atoms with van der Waals surface area (Å²) in [6, 6.07) is 25.9. The fourth-order valence-electron chi connectivity index (χ4n) is 3.94. The van der Waals surface area contributed by atoms with Crippen molar-refractivity contribution >= 4 is 34.0 Å². The highest BCUT2D eigenvalue weighted by atomic mass is 32.1. The van der Waals surface area contributed by atoms with Gasteiger partial charge in [0.15, 0.2) is 5.65 Å². The van der Waals surface area contributed by atoms with E-state index in [4.69, 9.17) is 5.10 Å². The van der Waals surface area contributed by atoms with Crippen molar-refractivity contribution in [2.45, 2.75) is 20.0 Å². The van der Waals surface area contributed by atoms with Gasteiger partial charge in [0.25, 0.3) is 0 Å². The molecule has 0 unspecified atom stereocenters. The van der Waals surface area contributed by atoms with Crippen LogP contribution in [-0.4, -0.2) is 20.7 Å². The second-order valence-electron chi connectivity index (χ2n) is 7.58. The van der Waals surface area contributed by atoms with Crippen LogP contribution < -0.4 is 4.90 Å². The molecule has 5 aromatic rings. The van der Waals surface area contributed by atoms with Gasteiger partial charge in [-0.1, -0.05) is 54.6 Å². The molecule has 0 radical (unpaired) electrons. The van der Waals surface area contributed by atoms with Crippen LogP contribution in [0.4, 0.5) is 5.69 Å². The molecular weight excluding hydrogens is 416 g/mol. The predicted molar refractivity (Wildman–Crippen MR) is 130 cm³/mol. The first-order chi connectivity index (χ1) is 15.7. The molecule has 0 spiro atoms. The van der Waals surface area contributed by atoms with Crippen molar-refractivity contribution in [3.8, 4) is 10.4 Å². The van der Waals surface area contributed by atoms with Crippen molar-refractivity contribution in [1.82, 2.24) is 14.8 Å². The van der Waals surface area contributed by atoms with E-state index in [0.717, 1.165) is 33.5 Å². The number of pyridine rings is 1. The van der Waals surface area contributed by atoms with Crippen LogP contribution in [0.25, 0.3) is 21.5 Å². The Morgan fingerprint density at radius 1 is 0.969 bits per heavy atom. The first kappa shape index (κ1) is 20.2. The normalized spacial score (nSPS) is 11.0. The van der Waals surface area contributed by atoms with Crippen LogP contribution in [0.5, 0.6) is 0 Å². The lowest BCUT2D eigenvalue weighted by Crippen LogP contribution is -2.33. The molecule has 0 saturated heterocycles. The van der Waals surface area contributed by atoms with Crippen molar-refractivity contribution < 1.29 is 4.79 Å². The third kappa shape index (κ3) is 3.92. The lowest BCUT2D eigenvalue weighted by Gasteiger charge is -2.23. The third-order valence-electron chi connectivity index (χ3n) is 5.43. The third-order valence-corrected chi connectivity index (χ3v) is 6.34. The molecule has 3 heterocycles. The molecule has 158 valence electrons. The number of hydrogen-bond donors (Lipinski definition) is 0. The molecular formula is C26H22N4OS. The maximum Gasteiger partial charge on any atom is 0.249 e. The summed E-state index contributed by atoms with van der Waals surface area (Å²) in [6.07, 6.45) is 1.79. The Kier molecular flexibility index (Phi) is 5.52. The Labute approximate surface area is 190 Å². The van der Waals surface area contributed by atoms with Gasteiger partial charge in [-0.15, -0.1) is 11.3 Å². The summed E-state index contributed by atoms with van der Waals surface area (Å²) in [6.45, 7) is 2.59. The van der Waals surface area contributed by atoms with E-state index in [1.165, 1.54) is 4.88 Å². The SMILES string of the molecule is Cc1nn(CC(=O)N(Cc2ccccc2)c2ccccc2)c2nccc(-c3cccs3)c12. The number of rotatable bonds is 6. The Hall–Kier alpha value is -3.77. The number of aromatic nitrogens is 3. The Morgan fingerprint density at radius 2 is 1.72 bits per heavy atom. The molecule has 3 aromatic heterocycles. The average Bonchev–Trinajstić information content (AvgIpc) is 3.47. The molecule has 0 N–H and O–H groups in total. The van der Waals surface area contributed by atoms with Crippen LogP contribution in [0.1, 0.15) is 11.3 Å². The zero-order chi connectivity index (χ0) is 21.9. The standard InChI is InChI=1S/C26H22N4OS/c1-19-25-22(23-13-8-16-32-23)14-15-27-26(25)30(28-19)18-24(31)29(21-11-6-3-7-12-21)17-20-9-4-2-5-10-20/h2-16H,17-18H2,1H3. The number of carbonyl (C=O) groups is 1. The highest BCUT2D eigenvalue weighted by Crippen LogP contribution is 2.32. The predicted octanol–water partition coefficient (Wildman–Crippen LogP) is 5.70. The van der Waals surface area contributed by atoms with Gasteiger partial charge in [-0.2, -0.15) is 5.10 Å². The lowest BCUT2D eigenvalue weighted by atomic mass is 10.1. The Morgan fingerprint density at radius 3 is 2.44 bits per heavy atom. The number of para-hydroxylation sites is 1. The van der Waals surface area contributed by atoms with Crippen molar-refractivity contribution in [2.24, 2.45) is 0 Å².